The molecule has 32 heavy (non-hydrogen) atoms. The summed E-state index contributed by atoms with van der Waals surface area (Å²) < 4.78 is 60.8. The van der Waals surface area contributed by atoms with Crippen molar-refractivity contribution in [2.75, 3.05) is 25.1 Å². The molecule has 2 fully saturated rings. The summed E-state index contributed by atoms with van der Waals surface area (Å²) in [5, 5.41) is 19.0. The molecule has 12 heteroatoms. The number of carboxylic acid groups (broad SMARTS) is 1. The molecule has 1 aromatic heterocycles. The topological polar surface area (TPSA) is 129 Å². The third kappa shape index (κ3) is 3.20. The number of H-pyrrole nitrogens is 1. The minimum Gasteiger partial charge on any atom is -0.492 e. The number of piperidine rings is 1. The maximum absolute atomic E-state index is 15.9. The van der Waals surface area contributed by atoms with E-state index in [9.17, 15) is 33.0 Å². The molecule has 1 aromatic carbocycles. The van der Waals surface area contributed by atoms with Crippen LogP contribution in [0.4, 0.5) is 23.2 Å². The fourth-order valence-corrected chi connectivity index (χ4v) is 4.27. The number of nitrogens with one attached hydrogen (secondary N) is 1. The van der Waals surface area contributed by atoms with Crippen LogP contribution in [0.25, 0.3) is 10.9 Å². The molecule has 1 aliphatic carbocycles. The molecule has 2 aromatic rings. The number of ether oxygens (including phenoxy) is 1. The predicted octanol–water partition coefficient (Wildman–Crippen LogP) is 2.22. The van der Waals surface area contributed by atoms with Crippen LogP contribution in [0, 0.1) is 5.82 Å². The Hall–Kier alpha value is -2.86. The van der Waals surface area contributed by atoms with Gasteiger partial charge in [-0.05, 0) is 12.8 Å². The van der Waals surface area contributed by atoms with Gasteiger partial charge in [0.25, 0.3) is 0 Å². The highest BCUT2D eigenvalue weighted by Crippen LogP contribution is 2.51. The van der Waals surface area contributed by atoms with Crippen molar-refractivity contribution in [1.29, 1.82) is 0 Å². The normalized spacial score (nSPS) is 19.8. The molecule has 1 saturated heterocycles. The molecule has 0 unspecified atom stereocenters. The Morgan fingerprint density at radius 2 is 1.84 bits per heavy atom. The first-order valence-electron chi connectivity index (χ1n) is 9.86. The zero-order chi connectivity index (χ0) is 23.6. The van der Waals surface area contributed by atoms with E-state index < -0.39 is 52.9 Å². The largest absolute Gasteiger partial charge is 0.492 e. The van der Waals surface area contributed by atoms with Crippen LogP contribution in [0.3, 0.4) is 0 Å². The van der Waals surface area contributed by atoms with Gasteiger partial charge in [0.05, 0.1) is 18.0 Å². The Kier molecular flexibility index (Phi) is 4.94. The van der Waals surface area contributed by atoms with E-state index in [0.29, 0.717) is 12.8 Å². The molecule has 0 bridgehead atoms. The highest BCUT2D eigenvalue weighted by molar-refractivity contribution is 5.99. The molecule has 1 saturated carbocycles. The number of aromatic nitrogens is 1. The SMILES string of the molecule is COc1c(N2CCC(O)(C(F)(F)F)CC2)c(F)c(C2(N)CC2)c2c(=O)c(C(=O)O)c[nH]c12. The van der Waals surface area contributed by atoms with Crippen LogP contribution >= 0.6 is 0 Å². The van der Waals surface area contributed by atoms with Crippen LogP contribution < -0.4 is 20.8 Å². The number of hydrogen-bond donors (Lipinski definition) is 4. The molecule has 0 spiro atoms. The number of benzene rings is 1. The van der Waals surface area contributed by atoms with E-state index in [2.05, 4.69) is 4.98 Å². The van der Waals surface area contributed by atoms with Crippen LogP contribution in [0.5, 0.6) is 5.75 Å². The summed E-state index contributed by atoms with van der Waals surface area (Å²) >= 11 is 0. The second kappa shape index (κ2) is 7.07. The lowest BCUT2D eigenvalue weighted by molar-refractivity contribution is -0.266. The smallest absolute Gasteiger partial charge is 0.417 e. The van der Waals surface area contributed by atoms with Gasteiger partial charge in [0.2, 0.25) is 5.43 Å². The molecule has 2 aliphatic rings. The Bertz CT molecular complexity index is 1160. The Morgan fingerprint density at radius 1 is 1.25 bits per heavy atom. The summed E-state index contributed by atoms with van der Waals surface area (Å²) in [5.74, 6) is -2.61. The predicted molar refractivity (Wildman–Crippen MR) is 106 cm³/mol. The lowest BCUT2D eigenvalue weighted by atomic mass is 9.89. The lowest BCUT2D eigenvalue weighted by Crippen LogP contribution is -2.53. The molecule has 1 aliphatic heterocycles. The van der Waals surface area contributed by atoms with E-state index in [1.807, 2.05) is 0 Å². The van der Waals surface area contributed by atoms with Gasteiger partial charge in [0.1, 0.15) is 11.3 Å². The fraction of sp³-hybridized carbons (Fsp3) is 0.500. The van der Waals surface area contributed by atoms with Crippen molar-refractivity contribution < 1.29 is 37.3 Å². The van der Waals surface area contributed by atoms with Crippen molar-refractivity contribution in [1.82, 2.24) is 4.98 Å². The summed E-state index contributed by atoms with van der Waals surface area (Å²) in [4.78, 5) is 28.3. The summed E-state index contributed by atoms with van der Waals surface area (Å²) in [6.07, 6.45) is -4.56. The van der Waals surface area contributed by atoms with E-state index in [-0.39, 0.29) is 41.0 Å². The number of nitrogens with two attached hydrogens (primary N) is 1. The number of pyridine rings is 1. The number of fused-ring (bicyclic) bond motifs is 1. The number of methoxy groups -OCH3 is 1. The number of aromatic carboxylic acids is 1. The second-order valence-corrected chi connectivity index (χ2v) is 8.33. The molecule has 174 valence electrons. The minimum absolute atomic E-state index is 0.00211. The van der Waals surface area contributed by atoms with Crippen LogP contribution in [-0.2, 0) is 5.54 Å². The van der Waals surface area contributed by atoms with Crippen LogP contribution in [0.2, 0.25) is 0 Å². The number of carboxylic acids is 1. The van der Waals surface area contributed by atoms with Crippen molar-refractivity contribution in [2.45, 2.75) is 43.0 Å². The third-order valence-electron chi connectivity index (χ3n) is 6.36. The van der Waals surface area contributed by atoms with Crippen molar-refractivity contribution in [3.05, 3.63) is 33.4 Å². The van der Waals surface area contributed by atoms with Crippen molar-refractivity contribution in [3.63, 3.8) is 0 Å². The van der Waals surface area contributed by atoms with Gasteiger partial charge in [-0.25, -0.2) is 9.18 Å². The first kappa shape index (κ1) is 22.3. The van der Waals surface area contributed by atoms with Crippen molar-refractivity contribution >= 4 is 22.6 Å². The molecular weight excluding hydrogens is 438 g/mol. The average molecular weight is 459 g/mol. The number of carbonyl (C=O) groups is 1. The van der Waals surface area contributed by atoms with Gasteiger partial charge in [-0.1, -0.05) is 0 Å². The summed E-state index contributed by atoms with van der Waals surface area (Å²) in [6.45, 7) is -0.660. The Labute approximate surface area is 178 Å². The molecule has 0 amide bonds. The molecular formula is C20H21F4N3O5. The van der Waals surface area contributed by atoms with Crippen LogP contribution in [-0.4, -0.2) is 53.1 Å². The summed E-state index contributed by atoms with van der Waals surface area (Å²) in [6, 6.07) is 0. The van der Waals surface area contributed by atoms with E-state index in [1.54, 1.807) is 0 Å². The maximum Gasteiger partial charge on any atom is 0.417 e. The van der Waals surface area contributed by atoms with Crippen LogP contribution in [0.1, 0.15) is 41.6 Å². The lowest BCUT2D eigenvalue weighted by Gasteiger charge is -2.40. The number of hydrogen-bond acceptors (Lipinski definition) is 6. The third-order valence-corrected chi connectivity index (χ3v) is 6.36. The van der Waals surface area contributed by atoms with Gasteiger partial charge < -0.3 is 30.6 Å². The van der Waals surface area contributed by atoms with E-state index in [1.165, 1.54) is 12.0 Å². The van der Waals surface area contributed by atoms with Crippen molar-refractivity contribution in [2.24, 2.45) is 5.73 Å². The summed E-state index contributed by atoms with van der Waals surface area (Å²) in [5.41, 5.74) is 0.216. The standard InChI is InChI=1S/C20H21F4N3O5/c1-32-16-13-10(15(28)9(8-26-13)17(29)30)11(18(25)2-3-18)12(21)14(16)27-6-4-19(31,5-7-27)20(22,23)24/h8,31H,2-7,25H2,1H3,(H,26,28)(H,29,30). The molecule has 8 nitrogen and oxygen atoms in total. The monoisotopic (exact) mass is 459 g/mol. The molecule has 0 radical (unpaired) electrons. The average Bonchev–Trinajstić information content (AvgIpc) is 3.45. The molecule has 2 heterocycles. The van der Waals surface area contributed by atoms with E-state index >= 15 is 4.39 Å². The van der Waals surface area contributed by atoms with Gasteiger partial charge in [-0.15, -0.1) is 0 Å². The van der Waals surface area contributed by atoms with Gasteiger partial charge in [0.15, 0.2) is 17.2 Å². The molecule has 0 atom stereocenters. The first-order chi connectivity index (χ1) is 14.8. The van der Waals surface area contributed by atoms with Gasteiger partial charge in [0, 0.05) is 43.2 Å². The number of rotatable bonds is 4. The Morgan fingerprint density at radius 3 is 2.31 bits per heavy atom. The number of halogens is 4. The number of anilines is 1. The highest BCUT2D eigenvalue weighted by atomic mass is 19.4. The van der Waals surface area contributed by atoms with E-state index in [0.717, 1.165) is 6.20 Å². The molecule has 5 N–H and O–H groups in total. The van der Waals surface area contributed by atoms with Gasteiger partial charge in [-0.3, -0.25) is 4.79 Å². The zero-order valence-electron chi connectivity index (χ0n) is 17.0. The highest BCUT2D eigenvalue weighted by Gasteiger charge is 2.55. The zero-order valence-corrected chi connectivity index (χ0v) is 17.0. The number of alkyl halides is 3. The number of aliphatic hydroxyl groups is 1. The Balaban J connectivity index is 1.94. The second-order valence-electron chi connectivity index (χ2n) is 8.33. The molecule has 4 rings (SSSR count). The number of nitrogens with zero attached hydrogens (tertiary/aromatic N) is 1. The van der Waals surface area contributed by atoms with Crippen LogP contribution in [0.15, 0.2) is 11.0 Å². The van der Waals surface area contributed by atoms with Gasteiger partial charge in [-0.2, -0.15) is 13.2 Å². The first-order valence-corrected chi connectivity index (χ1v) is 9.86. The van der Waals surface area contributed by atoms with Gasteiger partial charge >= 0.3 is 12.1 Å². The number of aromatic amines is 1. The minimum atomic E-state index is -4.83. The van der Waals surface area contributed by atoms with Crippen molar-refractivity contribution in [3.8, 4) is 5.75 Å². The quantitative estimate of drug-likeness (QED) is 0.516. The van der Waals surface area contributed by atoms with E-state index in [4.69, 9.17) is 10.5 Å². The fourth-order valence-electron chi connectivity index (χ4n) is 4.27. The maximum atomic E-state index is 15.9. The summed E-state index contributed by atoms with van der Waals surface area (Å²) in [7, 11) is 1.20.